The largest absolute Gasteiger partial charge is 0.453 e. The number of aromatic nitrogens is 5. The molecule has 0 aliphatic carbocycles. The highest BCUT2D eigenvalue weighted by atomic mass is 28.4. The van der Waals surface area contributed by atoms with Crippen molar-refractivity contribution in [2.45, 2.75) is 77.2 Å². The molecule has 2 N–H and O–H groups in total. The molecular weight excluding hydrogens is 733 g/mol. The Balaban J connectivity index is 1.19. The third kappa shape index (κ3) is 8.57. The smallest absolute Gasteiger partial charge is 0.413 e. The lowest BCUT2D eigenvalue weighted by Crippen LogP contribution is -2.66. The van der Waals surface area contributed by atoms with Crippen molar-refractivity contribution in [1.29, 1.82) is 0 Å². The van der Waals surface area contributed by atoms with Crippen LogP contribution in [0, 0.1) is 0 Å². The lowest BCUT2D eigenvalue weighted by atomic mass is 10.0. The monoisotopic (exact) mass is 786 g/mol. The van der Waals surface area contributed by atoms with Crippen LogP contribution in [0.1, 0.15) is 58.1 Å². The van der Waals surface area contributed by atoms with Crippen LogP contribution in [0.2, 0.25) is 5.04 Å². The lowest BCUT2D eigenvalue weighted by Gasteiger charge is -2.43. The highest BCUT2D eigenvalue weighted by Crippen LogP contribution is 2.37. The van der Waals surface area contributed by atoms with Gasteiger partial charge in [-0.05, 0) is 45.4 Å². The zero-order valence-corrected chi connectivity index (χ0v) is 34.9. The molecular formula is C44H54N8O4Si. The average Bonchev–Trinajstić information content (AvgIpc) is 3.61. The average molecular weight is 787 g/mol. The van der Waals surface area contributed by atoms with E-state index in [4.69, 9.17) is 29.0 Å². The molecule has 7 rings (SSSR count). The molecule has 0 spiro atoms. The molecule has 57 heavy (non-hydrogen) atoms. The summed E-state index contributed by atoms with van der Waals surface area (Å²) in [6.07, 6.45) is 5.76. The summed E-state index contributed by atoms with van der Waals surface area (Å²) in [5.41, 5.74) is 4.53. The number of likely N-dealkylation sites (tertiary alicyclic amines) is 1. The number of benzene rings is 3. The Morgan fingerprint density at radius 2 is 1.60 bits per heavy atom. The van der Waals surface area contributed by atoms with Crippen molar-refractivity contribution in [3.8, 4) is 0 Å². The van der Waals surface area contributed by atoms with Gasteiger partial charge in [-0.15, -0.1) is 0 Å². The zero-order chi connectivity index (χ0) is 40.0. The minimum absolute atomic E-state index is 0.00151. The molecule has 0 unspecified atom stereocenters. The molecule has 1 aliphatic heterocycles. The van der Waals surface area contributed by atoms with E-state index in [0.29, 0.717) is 30.6 Å². The minimum Gasteiger partial charge on any atom is -0.453 e. The van der Waals surface area contributed by atoms with Crippen LogP contribution >= 0.6 is 0 Å². The first-order valence-electron chi connectivity index (χ1n) is 19.8. The van der Waals surface area contributed by atoms with E-state index < -0.39 is 14.4 Å². The topological polar surface area (TPSA) is 129 Å². The second-order valence-electron chi connectivity index (χ2n) is 15.8. The van der Waals surface area contributed by atoms with Gasteiger partial charge in [0.25, 0.3) is 8.32 Å². The van der Waals surface area contributed by atoms with Crippen LogP contribution in [-0.2, 0) is 27.0 Å². The van der Waals surface area contributed by atoms with Crippen LogP contribution < -0.4 is 21.0 Å². The molecule has 0 radical (unpaired) electrons. The Morgan fingerprint density at radius 3 is 2.25 bits per heavy atom. The van der Waals surface area contributed by atoms with E-state index in [0.717, 1.165) is 60.9 Å². The molecule has 6 aromatic rings. The number of anilines is 2. The van der Waals surface area contributed by atoms with E-state index in [1.807, 2.05) is 16.9 Å². The van der Waals surface area contributed by atoms with Crippen molar-refractivity contribution in [2.24, 2.45) is 0 Å². The highest BCUT2D eigenvalue weighted by Gasteiger charge is 2.50. The number of rotatable bonds is 16. The second kappa shape index (κ2) is 17.5. The molecule has 1 fully saturated rings. The van der Waals surface area contributed by atoms with Gasteiger partial charge in [0.15, 0.2) is 5.82 Å². The molecule has 12 nitrogen and oxygen atoms in total. The molecule has 1 saturated heterocycles. The van der Waals surface area contributed by atoms with Crippen LogP contribution in [0.5, 0.6) is 0 Å². The molecule has 0 saturated carbocycles. The van der Waals surface area contributed by atoms with Gasteiger partial charge in [-0.1, -0.05) is 113 Å². The fourth-order valence-corrected chi connectivity index (χ4v) is 12.7. The standard InChI is InChI=1S/C44H54N8O4Si/c1-7-15-33(23-25-56-57(44(2,3)4,35-16-10-8-11-17-35)36-18-12-9-13-19-36)47-41-40-38(48-42(49-41)50-43(53)55-6)26-46-52(40)28-32-22-21-31(27-51-29-34(30-51)54-5)37-20-14-24-45-39(32)37/h8-14,16-22,24,26,33-34H,7,15,23,25,27-30H2,1-6H3,(H2,47,48,49,50,53)/t33-/m0/s1. The summed E-state index contributed by atoms with van der Waals surface area (Å²) in [7, 11) is 0.358. The molecule has 1 aliphatic rings. The maximum Gasteiger partial charge on any atom is 0.413 e. The maximum atomic E-state index is 12.3. The normalized spacial score (nSPS) is 14.4. The van der Waals surface area contributed by atoms with E-state index in [1.54, 1.807) is 13.3 Å². The van der Waals surface area contributed by atoms with Crippen molar-refractivity contribution in [1.82, 2.24) is 29.6 Å². The number of nitrogens with zero attached hydrogens (tertiary/aromatic N) is 6. The van der Waals surface area contributed by atoms with E-state index >= 15 is 0 Å². The number of carbonyl (C=O) groups excluding carboxylic acids is 1. The Kier molecular flexibility index (Phi) is 12.3. The van der Waals surface area contributed by atoms with Gasteiger partial charge in [0.05, 0.1) is 31.5 Å². The van der Waals surface area contributed by atoms with Crippen molar-refractivity contribution in [3.05, 3.63) is 108 Å². The molecule has 3 aromatic carbocycles. The molecule has 298 valence electrons. The predicted molar refractivity (Wildman–Crippen MR) is 229 cm³/mol. The number of hydrogen-bond acceptors (Lipinski definition) is 10. The van der Waals surface area contributed by atoms with Crippen molar-refractivity contribution in [2.75, 3.05) is 44.5 Å². The zero-order valence-electron chi connectivity index (χ0n) is 33.9. The van der Waals surface area contributed by atoms with Crippen molar-refractivity contribution in [3.63, 3.8) is 0 Å². The third-order valence-electron chi connectivity index (χ3n) is 11.0. The highest BCUT2D eigenvalue weighted by molar-refractivity contribution is 6.99. The first kappa shape index (κ1) is 40.0. The van der Waals surface area contributed by atoms with Gasteiger partial charge in [0, 0.05) is 51.0 Å². The predicted octanol–water partition coefficient (Wildman–Crippen LogP) is 6.98. The van der Waals surface area contributed by atoms with E-state index in [9.17, 15) is 4.79 Å². The summed E-state index contributed by atoms with van der Waals surface area (Å²) >= 11 is 0. The van der Waals surface area contributed by atoms with Crippen LogP contribution in [0.3, 0.4) is 0 Å². The number of methoxy groups -OCH3 is 2. The number of pyridine rings is 1. The first-order valence-corrected chi connectivity index (χ1v) is 21.7. The fourth-order valence-electron chi connectivity index (χ4n) is 8.12. The number of hydrogen-bond donors (Lipinski definition) is 2. The second-order valence-corrected chi connectivity index (χ2v) is 20.1. The first-order chi connectivity index (χ1) is 27.6. The molecule has 3 aromatic heterocycles. The number of amides is 1. The Bertz CT molecular complexity index is 2240. The van der Waals surface area contributed by atoms with E-state index in [1.165, 1.54) is 23.0 Å². The summed E-state index contributed by atoms with van der Waals surface area (Å²) in [6.45, 7) is 12.7. The molecule has 1 amide bonds. The fraction of sp³-hybridized carbons (Fsp3) is 0.386. The number of carbonyl (C=O) groups is 1. The molecule has 4 heterocycles. The number of nitrogens with one attached hydrogen (secondary N) is 2. The van der Waals surface area contributed by atoms with Gasteiger partial charge in [-0.25, -0.2) is 9.78 Å². The summed E-state index contributed by atoms with van der Waals surface area (Å²) < 4.78 is 19.6. The van der Waals surface area contributed by atoms with Crippen molar-refractivity contribution < 1.29 is 18.7 Å². The van der Waals surface area contributed by atoms with Crippen LogP contribution in [0.15, 0.2) is 97.3 Å². The van der Waals surface area contributed by atoms with E-state index in [2.05, 4.69) is 127 Å². The lowest BCUT2D eigenvalue weighted by molar-refractivity contribution is -0.0332. The summed E-state index contributed by atoms with van der Waals surface area (Å²) in [5.74, 6) is 0.709. The van der Waals surface area contributed by atoms with Crippen LogP contribution in [0.25, 0.3) is 21.9 Å². The van der Waals surface area contributed by atoms with Crippen molar-refractivity contribution >= 4 is 58.5 Å². The van der Waals surface area contributed by atoms with Crippen LogP contribution in [-0.4, -0.2) is 90.1 Å². The summed E-state index contributed by atoms with van der Waals surface area (Å²) in [6, 6.07) is 29.9. The Labute approximate surface area is 336 Å². The SMILES string of the molecule is CCC[C@@H](CCO[Si](c1ccccc1)(c1ccccc1)C(C)(C)C)Nc1nc(NC(=O)OC)nc2cnn(Cc3ccc(CN4CC(OC)C4)c4cccnc34)c12. The van der Waals surface area contributed by atoms with Gasteiger partial charge in [-0.2, -0.15) is 10.1 Å². The van der Waals surface area contributed by atoms with Gasteiger partial charge in [0.1, 0.15) is 11.0 Å². The molecule has 0 bridgehead atoms. The minimum atomic E-state index is -2.73. The molecule has 13 heteroatoms. The quantitative estimate of drug-likeness (QED) is 0.0993. The molecule has 1 atom stereocenters. The number of ether oxygens (including phenoxy) is 2. The summed E-state index contributed by atoms with van der Waals surface area (Å²) in [5, 5.41) is 14.7. The maximum absolute atomic E-state index is 12.3. The van der Waals surface area contributed by atoms with Gasteiger partial charge in [0.2, 0.25) is 5.95 Å². The Hall–Kier alpha value is -5.21. The van der Waals surface area contributed by atoms with Gasteiger partial charge < -0.3 is 19.2 Å². The number of fused-ring (bicyclic) bond motifs is 2. The summed E-state index contributed by atoms with van der Waals surface area (Å²) in [4.78, 5) is 29.1. The van der Waals surface area contributed by atoms with Gasteiger partial charge >= 0.3 is 6.09 Å². The third-order valence-corrected chi connectivity index (χ3v) is 16.0. The van der Waals surface area contributed by atoms with Gasteiger partial charge in [-0.3, -0.25) is 19.9 Å². The Morgan fingerprint density at radius 1 is 0.895 bits per heavy atom. The van der Waals surface area contributed by atoms with E-state index in [-0.39, 0.29) is 17.0 Å². The van der Waals surface area contributed by atoms with Crippen LogP contribution in [0.4, 0.5) is 16.6 Å².